The van der Waals surface area contributed by atoms with Crippen LogP contribution in [0.1, 0.15) is 26.5 Å². The third kappa shape index (κ3) is 2.27. The molecule has 0 unspecified atom stereocenters. The first-order valence-corrected chi connectivity index (χ1v) is 5.35. The molecular formula is C12H15FN4. The molecule has 0 fully saturated rings. The molecule has 2 aromatic heterocycles. The summed E-state index contributed by atoms with van der Waals surface area (Å²) in [6, 6.07) is 3.15. The van der Waals surface area contributed by atoms with Crippen molar-refractivity contribution in [2.24, 2.45) is 0 Å². The van der Waals surface area contributed by atoms with E-state index in [2.05, 4.69) is 10.1 Å². The van der Waals surface area contributed by atoms with Gasteiger partial charge in [0.05, 0.1) is 23.8 Å². The van der Waals surface area contributed by atoms with Crippen LogP contribution in [0.4, 0.5) is 10.2 Å². The maximum Gasteiger partial charge on any atom is 0.143 e. The summed E-state index contributed by atoms with van der Waals surface area (Å²) in [7, 11) is 0. The van der Waals surface area contributed by atoms with Crippen LogP contribution in [0.15, 0.2) is 24.5 Å². The van der Waals surface area contributed by atoms with Crippen molar-refractivity contribution >= 4 is 5.82 Å². The fourth-order valence-corrected chi connectivity index (χ4v) is 1.49. The van der Waals surface area contributed by atoms with Gasteiger partial charge in [-0.05, 0) is 0 Å². The van der Waals surface area contributed by atoms with E-state index in [1.54, 1.807) is 6.07 Å². The minimum Gasteiger partial charge on any atom is -0.384 e. The Hall–Kier alpha value is -1.91. The summed E-state index contributed by atoms with van der Waals surface area (Å²) in [5.41, 5.74) is 7.16. The van der Waals surface area contributed by atoms with Gasteiger partial charge in [0.15, 0.2) is 0 Å². The van der Waals surface area contributed by atoms with Gasteiger partial charge in [-0.15, -0.1) is 0 Å². The van der Waals surface area contributed by atoms with Crippen LogP contribution in [0.3, 0.4) is 0 Å². The molecule has 0 saturated carbocycles. The Kier molecular flexibility index (Phi) is 2.61. The van der Waals surface area contributed by atoms with Crippen LogP contribution in [0, 0.1) is 5.82 Å². The second-order valence-corrected chi connectivity index (χ2v) is 4.98. The third-order valence-corrected chi connectivity index (χ3v) is 2.44. The van der Waals surface area contributed by atoms with Crippen LogP contribution in [-0.2, 0) is 5.41 Å². The van der Waals surface area contributed by atoms with Gasteiger partial charge < -0.3 is 5.73 Å². The van der Waals surface area contributed by atoms with E-state index in [1.165, 1.54) is 16.9 Å². The monoisotopic (exact) mass is 234 g/mol. The highest BCUT2D eigenvalue weighted by Crippen LogP contribution is 2.24. The molecule has 2 heterocycles. The molecule has 2 N–H and O–H groups in total. The van der Waals surface area contributed by atoms with E-state index in [9.17, 15) is 4.39 Å². The maximum atomic E-state index is 13.1. The Labute approximate surface area is 99.3 Å². The highest BCUT2D eigenvalue weighted by atomic mass is 19.1. The summed E-state index contributed by atoms with van der Waals surface area (Å²) >= 11 is 0. The van der Waals surface area contributed by atoms with Crippen LogP contribution >= 0.6 is 0 Å². The number of rotatable bonds is 1. The summed E-state index contributed by atoms with van der Waals surface area (Å²) in [6.07, 6.45) is 2.67. The predicted molar refractivity (Wildman–Crippen MR) is 64.4 cm³/mol. The molecular weight excluding hydrogens is 219 g/mol. The number of nitrogen functional groups attached to an aromatic ring is 1. The van der Waals surface area contributed by atoms with Crippen LogP contribution < -0.4 is 5.73 Å². The van der Waals surface area contributed by atoms with Crippen molar-refractivity contribution < 1.29 is 4.39 Å². The van der Waals surface area contributed by atoms with Crippen molar-refractivity contribution in [1.29, 1.82) is 0 Å². The Morgan fingerprint density at radius 1 is 1.24 bits per heavy atom. The van der Waals surface area contributed by atoms with Crippen molar-refractivity contribution in [2.75, 3.05) is 5.73 Å². The Balaban J connectivity index is 2.50. The average molecular weight is 234 g/mol. The second-order valence-electron chi connectivity index (χ2n) is 4.98. The van der Waals surface area contributed by atoms with Crippen molar-refractivity contribution in [3.8, 4) is 5.69 Å². The molecule has 4 nitrogen and oxygen atoms in total. The van der Waals surface area contributed by atoms with Crippen molar-refractivity contribution in [3.05, 3.63) is 36.0 Å². The predicted octanol–water partition coefficient (Wildman–Crippen LogP) is 2.29. The molecule has 0 aliphatic rings. The normalized spacial score (nSPS) is 11.8. The lowest BCUT2D eigenvalue weighted by atomic mass is 9.92. The quantitative estimate of drug-likeness (QED) is 0.823. The van der Waals surface area contributed by atoms with Crippen molar-refractivity contribution in [1.82, 2.24) is 14.8 Å². The lowest BCUT2D eigenvalue weighted by molar-refractivity contribution is 0.559. The van der Waals surface area contributed by atoms with Gasteiger partial charge in [-0.3, -0.25) is 4.98 Å². The van der Waals surface area contributed by atoms with Crippen LogP contribution in [0.2, 0.25) is 0 Å². The van der Waals surface area contributed by atoms with Gasteiger partial charge in [-0.2, -0.15) is 5.10 Å². The van der Waals surface area contributed by atoms with Gasteiger partial charge in [0.25, 0.3) is 0 Å². The summed E-state index contributed by atoms with van der Waals surface area (Å²) < 4.78 is 14.6. The lowest BCUT2D eigenvalue weighted by Crippen LogP contribution is -2.12. The van der Waals surface area contributed by atoms with E-state index in [0.717, 1.165) is 11.9 Å². The Morgan fingerprint density at radius 3 is 2.47 bits per heavy atom. The van der Waals surface area contributed by atoms with E-state index < -0.39 is 5.82 Å². The zero-order valence-electron chi connectivity index (χ0n) is 10.1. The maximum absolute atomic E-state index is 13.1. The van der Waals surface area contributed by atoms with E-state index in [-0.39, 0.29) is 5.41 Å². The van der Waals surface area contributed by atoms with Crippen molar-refractivity contribution in [3.63, 3.8) is 0 Å². The number of nitrogens with two attached hydrogens (primary N) is 1. The molecule has 0 aromatic carbocycles. The molecule has 0 atom stereocenters. The summed E-state index contributed by atoms with van der Waals surface area (Å²) in [5, 5.41) is 4.38. The van der Waals surface area contributed by atoms with Gasteiger partial charge in [0, 0.05) is 17.5 Å². The standard InChI is InChI=1S/C12H15FN4/c1-12(2,3)10-5-11(14)17(16-10)9-4-8(13)6-15-7-9/h4-7H,14H2,1-3H3. The van der Waals surface area contributed by atoms with E-state index in [1.807, 2.05) is 20.8 Å². The van der Waals surface area contributed by atoms with E-state index >= 15 is 0 Å². The van der Waals surface area contributed by atoms with Gasteiger partial charge >= 0.3 is 0 Å². The van der Waals surface area contributed by atoms with Crippen LogP contribution in [-0.4, -0.2) is 14.8 Å². The molecule has 0 aliphatic carbocycles. The molecule has 0 amide bonds. The molecule has 17 heavy (non-hydrogen) atoms. The first-order chi connectivity index (χ1) is 7.88. The molecule has 0 bridgehead atoms. The van der Waals surface area contributed by atoms with Gasteiger partial charge in [0.2, 0.25) is 0 Å². The Morgan fingerprint density at radius 2 is 1.94 bits per heavy atom. The summed E-state index contributed by atoms with van der Waals surface area (Å²) in [5.74, 6) is 0.0667. The minimum absolute atomic E-state index is 0.0971. The topological polar surface area (TPSA) is 56.7 Å². The zero-order chi connectivity index (χ0) is 12.6. The molecule has 0 saturated heterocycles. The van der Waals surface area contributed by atoms with Gasteiger partial charge in [-0.1, -0.05) is 20.8 Å². The van der Waals surface area contributed by atoms with E-state index in [4.69, 9.17) is 5.73 Å². The molecule has 2 rings (SSSR count). The first kappa shape index (κ1) is 11.6. The smallest absolute Gasteiger partial charge is 0.143 e. The first-order valence-electron chi connectivity index (χ1n) is 5.35. The van der Waals surface area contributed by atoms with Crippen molar-refractivity contribution in [2.45, 2.75) is 26.2 Å². The average Bonchev–Trinajstić information content (AvgIpc) is 2.60. The number of hydrogen-bond donors (Lipinski definition) is 1. The van der Waals surface area contributed by atoms with E-state index in [0.29, 0.717) is 11.5 Å². The molecule has 0 aliphatic heterocycles. The number of aromatic nitrogens is 3. The number of halogens is 1. The highest BCUT2D eigenvalue weighted by Gasteiger charge is 2.19. The summed E-state index contributed by atoms with van der Waals surface area (Å²) in [4.78, 5) is 3.78. The largest absolute Gasteiger partial charge is 0.384 e. The van der Waals surface area contributed by atoms with Gasteiger partial charge in [0.1, 0.15) is 11.6 Å². The highest BCUT2D eigenvalue weighted by molar-refractivity contribution is 5.42. The minimum atomic E-state index is -0.408. The fourth-order valence-electron chi connectivity index (χ4n) is 1.49. The molecule has 5 heteroatoms. The molecule has 0 spiro atoms. The fraction of sp³-hybridized carbons (Fsp3) is 0.333. The van der Waals surface area contributed by atoms with Crippen LogP contribution in [0.25, 0.3) is 5.69 Å². The molecule has 90 valence electrons. The number of pyridine rings is 1. The Bertz CT molecular complexity index is 540. The third-order valence-electron chi connectivity index (χ3n) is 2.44. The van der Waals surface area contributed by atoms with Gasteiger partial charge in [-0.25, -0.2) is 9.07 Å². The lowest BCUT2D eigenvalue weighted by Gasteiger charge is -2.14. The SMILES string of the molecule is CC(C)(C)c1cc(N)n(-c2cncc(F)c2)n1. The second kappa shape index (κ2) is 3.84. The number of nitrogens with zero attached hydrogens (tertiary/aromatic N) is 3. The molecule has 0 radical (unpaired) electrons. The molecule has 2 aromatic rings. The van der Waals surface area contributed by atoms with Crippen LogP contribution in [0.5, 0.6) is 0 Å². The number of hydrogen-bond acceptors (Lipinski definition) is 3. The zero-order valence-corrected chi connectivity index (χ0v) is 10.1. The summed E-state index contributed by atoms with van der Waals surface area (Å²) in [6.45, 7) is 6.13. The number of anilines is 1.